The molecule has 2 unspecified atom stereocenters. The fourth-order valence-electron chi connectivity index (χ4n) is 8.63. The van der Waals surface area contributed by atoms with Gasteiger partial charge in [0.15, 0.2) is 0 Å². The van der Waals surface area contributed by atoms with Crippen LogP contribution in [0.2, 0.25) is 0 Å². The van der Waals surface area contributed by atoms with Crippen molar-refractivity contribution in [2.45, 2.75) is 315 Å². The zero-order valence-corrected chi connectivity index (χ0v) is 42.3. The molecule has 372 valence electrons. The van der Waals surface area contributed by atoms with E-state index in [2.05, 4.69) is 43.5 Å². The van der Waals surface area contributed by atoms with E-state index in [0.717, 1.165) is 83.5 Å². The smallest absolute Gasteiger partial charge is 0.305 e. The van der Waals surface area contributed by atoms with E-state index in [-0.39, 0.29) is 18.5 Å². The minimum absolute atomic E-state index is 0.0385. The number of amides is 1. The lowest BCUT2D eigenvalue weighted by molar-refractivity contribution is -0.143. The highest BCUT2D eigenvalue weighted by molar-refractivity contribution is 5.76. The number of hydrogen-bond acceptors (Lipinski definition) is 5. The molecule has 0 saturated carbocycles. The molecule has 0 radical (unpaired) electrons. The minimum Gasteiger partial charge on any atom is -0.466 e. The second kappa shape index (κ2) is 53.0. The van der Waals surface area contributed by atoms with Crippen molar-refractivity contribution < 1.29 is 24.5 Å². The van der Waals surface area contributed by atoms with Crippen molar-refractivity contribution in [2.75, 3.05) is 13.2 Å². The van der Waals surface area contributed by atoms with Gasteiger partial charge in [-0.3, -0.25) is 9.59 Å². The summed E-state index contributed by atoms with van der Waals surface area (Å²) >= 11 is 0. The van der Waals surface area contributed by atoms with Crippen LogP contribution in [0.4, 0.5) is 0 Å². The fraction of sp³-hybridized carbons (Fsp3) is 0.895. The van der Waals surface area contributed by atoms with Crippen molar-refractivity contribution in [3.63, 3.8) is 0 Å². The minimum atomic E-state index is -0.683. The molecule has 0 aliphatic carbocycles. The summed E-state index contributed by atoms with van der Waals surface area (Å²) in [7, 11) is 0. The Morgan fingerprint density at radius 3 is 1.13 bits per heavy atom. The third kappa shape index (κ3) is 49.6. The molecule has 6 heteroatoms. The zero-order valence-electron chi connectivity index (χ0n) is 42.3. The molecule has 2 atom stereocenters. The highest BCUT2D eigenvalue weighted by Crippen LogP contribution is 2.17. The van der Waals surface area contributed by atoms with Gasteiger partial charge in [0.1, 0.15) is 0 Å². The van der Waals surface area contributed by atoms with E-state index in [4.69, 9.17) is 4.74 Å². The molecule has 0 aliphatic heterocycles. The van der Waals surface area contributed by atoms with Gasteiger partial charge in [0.2, 0.25) is 5.91 Å². The van der Waals surface area contributed by atoms with E-state index in [0.29, 0.717) is 25.9 Å². The number of unbranched alkanes of at least 4 members (excludes halogenated alkanes) is 37. The van der Waals surface area contributed by atoms with Crippen LogP contribution in [-0.2, 0) is 14.3 Å². The summed E-state index contributed by atoms with van der Waals surface area (Å²) in [6, 6.07) is -0.563. The Morgan fingerprint density at radius 2 is 0.746 bits per heavy atom. The van der Waals surface area contributed by atoms with Gasteiger partial charge in [-0.05, 0) is 77.0 Å². The summed E-state index contributed by atoms with van der Waals surface area (Å²) in [4.78, 5) is 24.5. The summed E-state index contributed by atoms with van der Waals surface area (Å²) in [6.45, 7) is 4.88. The Morgan fingerprint density at radius 1 is 0.429 bits per heavy atom. The molecule has 0 fully saturated rings. The average molecular weight is 889 g/mol. The van der Waals surface area contributed by atoms with Crippen molar-refractivity contribution in [3.8, 4) is 0 Å². The van der Waals surface area contributed by atoms with Crippen molar-refractivity contribution in [1.82, 2.24) is 5.32 Å². The van der Waals surface area contributed by atoms with Crippen molar-refractivity contribution in [1.29, 1.82) is 0 Å². The van der Waals surface area contributed by atoms with Gasteiger partial charge in [-0.25, -0.2) is 0 Å². The number of ether oxygens (including phenoxy) is 1. The average Bonchev–Trinajstić information content (AvgIpc) is 3.28. The van der Waals surface area contributed by atoms with Gasteiger partial charge >= 0.3 is 5.97 Å². The molecule has 6 nitrogen and oxygen atoms in total. The molecule has 1 amide bonds. The van der Waals surface area contributed by atoms with Crippen molar-refractivity contribution in [3.05, 3.63) is 24.3 Å². The van der Waals surface area contributed by atoms with Gasteiger partial charge in [-0.15, -0.1) is 0 Å². The summed E-state index contributed by atoms with van der Waals surface area (Å²) < 4.78 is 5.44. The van der Waals surface area contributed by atoms with Gasteiger partial charge < -0.3 is 20.3 Å². The van der Waals surface area contributed by atoms with Gasteiger partial charge in [0.05, 0.1) is 25.4 Å². The first-order chi connectivity index (χ1) is 31.0. The molecule has 0 aromatic carbocycles. The molecule has 0 saturated heterocycles. The third-order valence-corrected chi connectivity index (χ3v) is 13.0. The lowest BCUT2D eigenvalue weighted by atomic mass is 10.0. The van der Waals surface area contributed by atoms with Crippen molar-refractivity contribution in [2.24, 2.45) is 0 Å². The standard InChI is InChI=1S/C57H109NO5/c1-3-5-7-9-11-13-15-17-19-20-21-22-23-25-26-29-33-37-41-45-49-55(60)54(53-59)58-56(61)50-46-42-38-34-30-28-32-36-40-44-48-52-63-57(62)51-47-43-39-35-31-27-24-18-16-14-12-10-8-6-4-2/h18,24,32,36,54-55,59-60H,3-17,19-23,25-31,33-35,37-53H2,1-2H3,(H,58,61)/b24-18-,36-32-. The van der Waals surface area contributed by atoms with Crippen LogP contribution in [0.15, 0.2) is 24.3 Å². The summed E-state index contributed by atoms with van der Waals surface area (Å²) in [5.74, 6) is -0.101. The molecular formula is C57H109NO5. The lowest BCUT2D eigenvalue weighted by Crippen LogP contribution is -2.45. The van der Waals surface area contributed by atoms with Gasteiger partial charge in [-0.2, -0.15) is 0 Å². The number of esters is 1. The molecule has 0 aromatic heterocycles. The summed E-state index contributed by atoms with van der Waals surface area (Å²) in [5.41, 5.74) is 0. The number of hydrogen-bond donors (Lipinski definition) is 3. The lowest BCUT2D eigenvalue weighted by Gasteiger charge is -2.22. The first kappa shape index (κ1) is 61.3. The highest BCUT2D eigenvalue weighted by atomic mass is 16.5. The maximum Gasteiger partial charge on any atom is 0.305 e. The molecule has 0 bridgehead atoms. The van der Waals surface area contributed by atoms with Crippen LogP contribution in [0, 0.1) is 0 Å². The number of aliphatic hydroxyl groups excluding tert-OH is 2. The zero-order chi connectivity index (χ0) is 45.8. The molecule has 0 aliphatic rings. The van der Waals surface area contributed by atoms with Gasteiger partial charge in [0, 0.05) is 12.8 Å². The topological polar surface area (TPSA) is 95.9 Å². The van der Waals surface area contributed by atoms with Crippen LogP contribution >= 0.6 is 0 Å². The number of rotatable bonds is 52. The normalized spacial score (nSPS) is 12.8. The highest BCUT2D eigenvalue weighted by Gasteiger charge is 2.20. The van der Waals surface area contributed by atoms with E-state index >= 15 is 0 Å². The van der Waals surface area contributed by atoms with E-state index in [1.165, 1.54) is 186 Å². The van der Waals surface area contributed by atoms with E-state index < -0.39 is 12.1 Å². The number of allylic oxidation sites excluding steroid dienone is 4. The first-order valence-corrected chi connectivity index (χ1v) is 28.1. The number of carbonyl (C=O) groups excluding carboxylic acids is 2. The Kier molecular flexibility index (Phi) is 51.6. The third-order valence-electron chi connectivity index (χ3n) is 13.0. The summed E-state index contributed by atoms with van der Waals surface area (Å²) in [6.07, 6.45) is 63.0. The Balaban J connectivity index is 3.51. The second-order valence-corrected chi connectivity index (χ2v) is 19.3. The quantitative estimate of drug-likeness (QED) is 0.0321. The fourth-order valence-corrected chi connectivity index (χ4v) is 8.63. The van der Waals surface area contributed by atoms with Crippen LogP contribution in [0.25, 0.3) is 0 Å². The van der Waals surface area contributed by atoms with Crippen LogP contribution in [0.3, 0.4) is 0 Å². The molecule has 0 rings (SSSR count). The van der Waals surface area contributed by atoms with E-state index in [9.17, 15) is 19.8 Å². The van der Waals surface area contributed by atoms with E-state index in [1.54, 1.807) is 0 Å². The molecule has 0 spiro atoms. The maximum atomic E-state index is 12.5. The predicted octanol–water partition coefficient (Wildman–Crippen LogP) is 17.1. The van der Waals surface area contributed by atoms with E-state index in [1.807, 2.05) is 0 Å². The Hall–Kier alpha value is -1.66. The molecule has 3 N–H and O–H groups in total. The Labute approximate surface area is 392 Å². The predicted molar refractivity (Wildman–Crippen MR) is 273 cm³/mol. The Bertz CT molecular complexity index is 982. The van der Waals surface area contributed by atoms with Crippen LogP contribution < -0.4 is 5.32 Å². The number of carbonyl (C=O) groups is 2. The first-order valence-electron chi connectivity index (χ1n) is 28.1. The van der Waals surface area contributed by atoms with Gasteiger partial charge in [0.25, 0.3) is 0 Å². The van der Waals surface area contributed by atoms with Crippen LogP contribution in [-0.4, -0.2) is 47.4 Å². The van der Waals surface area contributed by atoms with Crippen molar-refractivity contribution >= 4 is 11.9 Å². The number of nitrogens with one attached hydrogen (secondary N) is 1. The maximum absolute atomic E-state index is 12.5. The molecular weight excluding hydrogens is 779 g/mol. The molecule has 0 aromatic rings. The van der Waals surface area contributed by atoms with Crippen LogP contribution in [0.5, 0.6) is 0 Å². The van der Waals surface area contributed by atoms with Crippen LogP contribution in [0.1, 0.15) is 303 Å². The molecule has 63 heavy (non-hydrogen) atoms. The SMILES string of the molecule is CCCCCCCC/C=C\CCCCCCCC(=O)OCCCC/C=C\CCCCCCCC(=O)NC(CO)C(O)CCCCCCCCCCCCCCCCCCCCCC. The number of aliphatic hydroxyl groups is 2. The molecule has 0 heterocycles. The summed E-state index contributed by atoms with van der Waals surface area (Å²) in [5, 5.41) is 23.3. The van der Waals surface area contributed by atoms with Gasteiger partial charge in [-0.1, -0.05) is 237 Å². The monoisotopic (exact) mass is 888 g/mol. The largest absolute Gasteiger partial charge is 0.466 e. The second-order valence-electron chi connectivity index (χ2n) is 19.3.